The maximum atomic E-state index is 13.2. The lowest BCUT2D eigenvalue weighted by Gasteiger charge is -2.21. The van der Waals surface area contributed by atoms with E-state index < -0.39 is 11.8 Å². The summed E-state index contributed by atoms with van der Waals surface area (Å²) in [6.45, 7) is 4.03. The third kappa shape index (κ3) is 5.95. The molecule has 1 heterocycles. The topological polar surface area (TPSA) is 84.9 Å². The number of allylic oxidation sites excluding steroid dienone is 2. The number of carbonyl (C=O) groups excluding carboxylic acids is 3. The number of aryl methyl sites for hydroxylation is 1. The fourth-order valence-electron chi connectivity index (χ4n) is 4.00. The van der Waals surface area contributed by atoms with Crippen LogP contribution in [0.5, 0.6) is 5.75 Å². The highest BCUT2D eigenvalue weighted by atomic mass is 16.5. The third-order valence-electron chi connectivity index (χ3n) is 5.97. The molecule has 1 N–H and O–H groups in total. The summed E-state index contributed by atoms with van der Waals surface area (Å²) < 4.78 is 10.5. The van der Waals surface area contributed by atoms with Crippen LogP contribution in [-0.4, -0.2) is 31.4 Å². The van der Waals surface area contributed by atoms with E-state index in [2.05, 4.69) is 5.32 Å². The Morgan fingerprint density at radius 1 is 0.919 bits per heavy atom. The molecule has 0 aliphatic carbocycles. The zero-order chi connectivity index (χ0) is 26.4. The fourth-order valence-corrected chi connectivity index (χ4v) is 4.00. The van der Waals surface area contributed by atoms with Crippen LogP contribution in [0.2, 0.25) is 0 Å². The minimum Gasteiger partial charge on any atom is -0.484 e. The summed E-state index contributed by atoms with van der Waals surface area (Å²) in [6, 6.07) is 24.4. The average Bonchev–Trinajstić information content (AvgIpc) is 3.16. The standard InChI is InChI=1S/C30H28N2O5/c1-20-9-13-24(14-10-20)32-21(2)28(30(35)36-3)29(34)26(32)17-22-11-15-25(16-12-22)37-19-27(33)31-18-23-7-5-4-6-8-23/h4-17H,18-19H2,1-3H3,(H,31,33)/b26-17-. The summed E-state index contributed by atoms with van der Waals surface area (Å²) in [7, 11) is 1.26. The van der Waals surface area contributed by atoms with Gasteiger partial charge in [-0.25, -0.2) is 4.79 Å². The Labute approximate surface area is 216 Å². The van der Waals surface area contributed by atoms with E-state index in [1.165, 1.54) is 7.11 Å². The van der Waals surface area contributed by atoms with Gasteiger partial charge in [-0.05, 0) is 55.3 Å². The molecule has 7 heteroatoms. The van der Waals surface area contributed by atoms with Crippen LogP contribution in [0.4, 0.5) is 5.69 Å². The maximum absolute atomic E-state index is 13.2. The monoisotopic (exact) mass is 496 g/mol. The first kappa shape index (κ1) is 25.4. The van der Waals surface area contributed by atoms with E-state index in [0.29, 0.717) is 23.7 Å². The van der Waals surface area contributed by atoms with Gasteiger partial charge in [0, 0.05) is 17.9 Å². The predicted molar refractivity (Wildman–Crippen MR) is 142 cm³/mol. The number of hydrogen-bond donors (Lipinski definition) is 1. The van der Waals surface area contributed by atoms with Gasteiger partial charge in [-0.2, -0.15) is 0 Å². The molecule has 0 saturated heterocycles. The van der Waals surface area contributed by atoms with Crippen LogP contribution in [0.3, 0.4) is 0 Å². The van der Waals surface area contributed by atoms with E-state index in [4.69, 9.17) is 9.47 Å². The molecule has 0 atom stereocenters. The number of methoxy groups -OCH3 is 1. The quantitative estimate of drug-likeness (QED) is 0.279. The Balaban J connectivity index is 1.48. The summed E-state index contributed by atoms with van der Waals surface area (Å²) in [5.74, 6) is -0.774. The minimum absolute atomic E-state index is 0.00999. The molecule has 3 aromatic rings. The van der Waals surface area contributed by atoms with Crippen molar-refractivity contribution in [1.82, 2.24) is 5.32 Å². The summed E-state index contributed by atoms with van der Waals surface area (Å²) >= 11 is 0. The Bertz CT molecular complexity index is 1360. The predicted octanol–water partition coefficient (Wildman–Crippen LogP) is 4.57. The summed E-state index contributed by atoms with van der Waals surface area (Å²) in [6.07, 6.45) is 1.72. The molecule has 188 valence electrons. The fraction of sp³-hybridized carbons (Fsp3) is 0.167. The second-order valence-corrected chi connectivity index (χ2v) is 8.60. The first-order valence-corrected chi connectivity index (χ1v) is 11.8. The first-order valence-electron chi connectivity index (χ1n) is 11.8. The van der Waals surface area contributed by atoms with Gasteiger partial charge in [0.2, 0.25) is 5.78 Å². The Morgan fingerprint density at radius 2 is 1.59 bits per heavy atom. The highest BCUT2D eigenvalue weighted by Gasteiger charge is 2.38. The molecule has 1 amide bonds. The van der Waals surface area contributed by atoms with Crippen LogP contribution in [-0.2, 0) is 25.7 Å². The van der Waals surface area contributed by atoms with E-state index in [0.717, 1.165) is 22.4 Å². The van der Waals surface area contributed by atoms with E-state index in [1.54, 1.807) is 42.2 Å². The number of esters is 1. The molecule has 0 bridgehead atoms. The molecular formula is C30H28N2O5. The number of ketones is 1. The highest BCUT2D eigenvalue weighted by molar-refractivity contribution is 6.30. The zero-order valence-corrected chi connectivity index (χ0v) is 21.0. The number of anilines is 1. The van der Waals surface area contributed by atoms with Gasteiger partial charge in [0.25, 0.3) is 5.91 Å². The normalized spacial score (nSPS) is 14.2. The van der Waals surface area contributed by atoms with Gasteiger partial charge in [-0.15, -0.1) is 0 Å². The van der Waals surface area contributed by atoms with E-state index in [1.807, 2.05) is 61.5 Å². The van der Waals surface area contributed by atoms with Gasteiger partial charge >= 0.3 is 5.97 Å². The molecule has 0 fully saturated rings. The second kappa shape index (κ2) is 11.4. The number of hydrogen-bond acceptors (Lipinski definition) is 6. The molecule has 0 aromatic heterocycles. The van der Waals surface area contributed by atoms with Crippen molar-refractivity contribution in [1.29, 1.82) is 0 Å². The zero-order valence-electron chi connectivity index (χ0n) is 21.0. The molecule has 0 spiro atoms. The summed E-state index contributed by atoms with van der Waals surface area (Å²) in [5.41, 5.74) is 4.46. The van der Waals surface area contributed by atoms with Crippen molar-refractivity contribution in [3.05, 3.63) is 113 Å². The third-order valence-corrected chi connectivity index (χ3v) is 5.97. The first-order chi connectivity index (χ1) is 17.9. The largest absolute Gasteiger partial charge is 0.484 e. The van der Waals surface area contributed by atoms with E-state index in [9.17, 15) is 14.4 Å². The number of nitrogens with one attached hydrogen (secondary N) is 1. The Kier molecular flexibility index (Phi) is 7.83. The SMILES string of the molecule is COC(=O)C1=C(C)N(c2ccc(C)cc2)/C(=C\c2ccc(OCC(=O)NCc3ccccc3)cc2)C1=O. The molecule has 1 aliphatic heterocycles. The molecule has 7 nitrogen and oxygen atoms in total. The van der Waals surface area contributed by atoms with Crippen molar-refractivity contribution in [3.8, 4) is 5.75 Å². The minimum atomic E-state index is -0.669. The number of Topliss-reactive ketones (excluding diaryl/α,β-unsaturated/α-hetero) is 1. The summed E-state index contributed by atoms with van der Waals surface area (Å²) in [5, 5.41) is 2.82. The average molecular weight is 497 g/mol. The Hall–Kier alpha value is -4.65. The molecule has 3 aromatic carbocycles. The smallest absolute Gasteiger partial charge is 0.343 e. The van der Waals surface area contributed by atoms with Crippen LogP contribution in [0.1, 0.15) is 23.6 Å². The van der Waals surface area contributed by atoms with Crippen LogP contribution >= 0.6 is 0 Å². The molecule has 4 rings (SSSR count). The van der Waals surface area contributed by atoms with Crippen molar-refractivity contribution >= 4 is 29.4 Å². The van der Waals surface area contributed by atoms with Gasteiger partial charge in [-0.1, -0.05) is 60.2 Å². The molecule has 37 heavy (non-hydrogen) atoms. The van der Waals surface area contributed by atoms with E-state index >= 15 is 0 Å². The molecule has 1 aliphatic rings. The Morgan fingerprint density at radius 3 is 2.24 bits per heavy atom. The maximum Gasteiger partial charge on any atom is 0.343 e. The van der Waals surface area contributed by atoms with Crippen molar-refractivity contribution in [2.24, 2.45) is 0 Å². The molecule has 0 saturated carbocycles. The lowest BCUT2D eigenvalue weighted by atomic mass is 10.1. The number of benzene rings is 3. The van der Waals surface area contributed by atoms with Crippen LogP contribution < -0.4 is 15.0 Å². The number of rotatable bonds is 8. The van der Waals surface area contributed by atoms with E-state index in [-0.39, 0.29) is 18.1 Å². The number of amides is 1. The summed E-state index contributed by atoms with van der Waals surface area (Å²) in [4.78, 5) is 39.5. The second-order valence-electron chi connectivity index (χ2n) is 8.60. The van der Waals surface area contributed by atoms with Crippen molar-refractivity contribution in [2.45, 2.75) is 20.4 Å². The van der Waals surface area contributed by atoms with Gasteiger partial charge in [0.1, 0.15) is 11.3 Å². The molecule has 0 radical (unpaired) electrons. The van der Waals surface area contributed by atoms with Crippen molar-refractivity contribution < 1.29 is 23.9 Å². The number of carbonyl (C=O) groups is 3. The van der Waals surface area contributed by atoms with Gasteiger partial charge in [0.05, 0.1) is 12.8 Å². The lowest BCUT2D eigenvalue weighted by Crippen LogP contribution is -2.28. The van der Waals surface area contributed by atoms with Gasteiger partial charge < -0.3 is 19.7 Å². The number of ether oxygens (including phenoxy) is 2. The van der Waals surface area contributed by atoms with Crippen LogP contribution in [0.25, 0.3) is 6.08 Å². The van der Waals surface area contributed by atoms with Crippen LogP contribution in [0, 0.1) is 6.92 Å². The molecule has 0 unspecified atom stereocenters. The molecular weight excluding hydrogens is 468 g/mol. The van der Waals surface area contributed by atoms with Crippen molar-refractivity contribution in [2.75, 3.05) is 18.6 Å². The highest BCUT2D eigenvalue weighted by Crippen LogP contribution is 2.35. The van der Waals surface area contributed by atoms with Gasteiger partial charge in [-0.3, -0.25) is 9.59 Å². The van der Waals surface area contributed by atoms with Crippen LogP contribution in [0.15, 0.2) is 95.8 Å². The number of nitrogens with zero attached hydrogens (tertiary/aromatic N) is 1. The van der Waals surface area contributed by atoms with Gasteiger partial charge in [0.15, 0.2) is 6.61 Å². The van der Waals surface area contributed by atoms with Crippen molar-refractivity contribution in [3.63, 3.8) is 0 Å². The lowest BCUT2D eigenvalue weighted by molar-refractivity contribution is -0.137.